The molecular weight excluding hydrogens is 362 g/mol. The van der Waals surface area contributed by atoms with Gasteiger partial charge in [-0.2, -0.15) is 5.10 Å². The van der Waals surface area contributed by atoms with E-state index in [9.17, 15) is 4.79 Å². The molecule has 2 aromatic carbocycles. The van der Waals surface area contributed by atoms with Crippen LogP contribution in [0.4, 0.5) is 5.69 Å². The molecule has 0 saturated carbocycles. The number of nitrogens with zero attached hydrogens (tertiary/aromatic N) is 3. The molecule has 5 heteroatoms. The first-order chi connectivity index (χ1) is 14.1. The minimum Gasteiger partial charge on any atom is -0.488 e. The molecule has 0 radical (unpaired) electrons. The van der Waals surface area contributed by atoms with Crippen molar-refractivity contribution in [2.24, 2.45) is 0 Å². The Balaban J connectivity index is 1.63. The van der Waals surface area contributed by atoms with Crippen molar-refractivity contribution in [2.75, 3.05) is 11.4 Å². The van der Waals surface area contributed by atoms with E-state index >= 15 is 0 Å². The van der Waals surface area contributed by atoms with Crippen LogP contribution in [0.15, 0.2) is 48.7 Å². The summed E-state index contributed by atoms with van der Waals surface area (Å²) in [6, 6.07) is 14.4. The normalized spacial score (nSPS) is 12.1. The number of ether oxygens (including phenoxy) is 1. The first kappa shape index (κ1) is 19.2. The average molecular weight is 389 g/mol. The quantitative estimate of drug-likeness (QED) is 0.611. The van der Waals surface area contributed by atoms with Crippen LogP contribution in [0.2, 0.25) is 0 Å². The molecular formula is C24H27N3O2. The molecule has 0 aliphatic carbocycles. The summed E-state index contributed by atoms with van der Waals surface area (Å²) in [4.78, 5) is 15.1. The van der Waals surface area contributed by atoms with Crippen molar-refractivity contribution in [3.05, 3.63) is 65.4 Å². The third kappa shape index (κ3) is 3.77. The molecule has 5 nitrogen and oxygen atoms in total. The van der Waals surface area contributed by atoms with E-state index in [0.717, 1.165) is 46.7 Å². The first-order valence-electron chi connectivity index (χ1n) is 10.3. The van der Waals surface area contributed by atoms with E-state index in [4.69, 9.17) is 4.74 Å². The zero-order valence-electron chi connectivity index (χ0n) is 17.3. The molecule has 1 aliphatic rings. The van der Waals surface area contributed by atoms with E-state index in [1.54, 1.807) is 0 Å². The Bertz CT molecular complexity index is 1020. The average Bonchev–Trinajstić information content (AvgIpc) is 3.15. The van der Waals surface area contributed by atoms with E-state index in [1.807, 2.05) is 40.0 Å². The van der Waals surface area contributed by atoms with E-state index in [-0.39, 0.29) is 12.5 Å². The molecule has 0 N–H and O–H groups in total. The van der Waals surface area contributed by atoms with Crippen LogP contribution in [0.5, 0.6) is 5.75 Å². The highest BCUT2D eigenvalue weighted by molar-refractivity contribution is 5.93. The third-order valence-electron chi connectivity index (χ3n) is 5.38. The van der Waals surface area contributed by atoms with Gasteiger partial charge in [0.05, 0.1) is 11.9 Å². The lowest BCUT2D eigenvalue weighted by Gasteiger charge is -2.24. The predicted molar refractivity (Wildman–Crippen MR) is 115 cm³/mol. The monoisotopic (exact) mass is 389 g/mol. The van der Waals surface area contributed by atoms with Gasteiger partial charge in [-0.15, -0.1) is 0 Å². The van der Waals surface area contributed by atoms with Gasteiger partial charge in [-0.25, -0.2) is 0 Å². The fraction of sp³-hybridized carbons (Fsp3) is 0.333. The summed E-state index contributed by atoms with van der Waals surface area (Å²) < 4.78 is 7.67. The lowest BCUT2D eigenvalue weighted by Crippen LogP contribution is -2.35. The Morgan fingerprint density at radius 1 is 1.17 bits per heavy atom. The largest absolute Gasteiger partial charge is 0.488 e. The molecule has 1 aromatic heterocycles. The fourth-order valence-electron chi connectivity index (χ4n) is 3.82. The molecule has 3 aromatic rings. The fourth-order valence-corrected chi connectivity index (χ4v) is 3.82. The van der Waals surface area contributed by atoms with Crippen molar-refractivity contribution in [2.45, 2.75) is 46.8 Å². The highest BCUT2D eigenvalue weighted by Crippen LogP contribution is 2.38. The molecule has 0 unspecified atom stereocenters. The summed E-state index contributed by atoms with van der Waals surface area (Å²) in [6.07, 6.45) is 3.70. The number of carbonyl (C=O) groups excluding carboxylic acids is 1. The van der Waals surface area contributed by atoms with Crippen molar-refractivity contribution >= 4 is 11.6 Å². The number of rotatable bonds is 6. The summed E-state index contributed by atoms with van der Waals surface area (Å²) >= 11 is 0. The standard InChI is InChI=1S/C24H27N3O2/c1-4-12-26(20-9-7-18(5-2)8-10-20)23(28)15-27-24-19(14-25-27)16-29-22-11-6-17(3)13-21(22)24/h6-11,13-14H,4-5,12,15-16H2,1-3H3. The summed E-state index contributed by atoms with van der Waals surface area (Å²) in [6.45, 7) is 7.66. The van der Waals surface area contributed by atoms with Crippen LogP contribution in [0.3, 0.4) is 0 Å². The highest BCUT2D eigenvalue weighted by Gasteiger charge is 2.25. The van der Waals surface area contributed by atoms with Gasteiger partial charge in [0.25, 0.3) is 0 Å². The molecule has 150 valence electrons. The van der Waals surface area contributed by atoms with Crippen LogP contribution in [0, 0.1) is 6.92 Å². The topological polar surface area (TPSA) is 47.4 Å². The van der Waals surface area contributed by atoms with Gasteiger partial charge < -0.3 is 9.64 Å². The van der Waals surface area contributed by atoms with Crippen LogP contribution >= 0.6 is 0 Å². The van der Waals surface area contributed by atoms with Gasteiger partial charge >= 0.3 is 0 Å². The van der Waals surface area contributed by atoms with E-state index in [2.05, 4.69) is 44.1 Å². The number of aromatic nitrogens is 2. The molecule has 0 atom stereocenters. The zero-order valence-corrected chi connectivity index (χ0v) is 17.3. The van der Waals surface area contributed by atoms with Gasteiger partial charge in [-0.1, -0.05) is 37.6 Å². The molecule has 1 amide bonds. The van der Waals surface area contributed by atoms with Crippen LogP contribution in [0.1, 0.15) is 37.0 Å². The molecule has 0 bridgehead atoms. The van der Waals surface area contributed by atoms with Crippen LogP contribution in [-0.2, 0) is 24.4 Å². The van der Waals surface area contributed by atoms with E-state index in [1.165, 1.54) is 5.56 Å². The molecule has 2 heterocycles. The smallest absolute Gasteiger partial charge is 0.248 e. The molecule has 0 spiro atoms. The van der Waals surface area contributed by atoms with Gasteiger partial charge in [-0.3, -0.25) is 9.48 Å². The van der Waals surface area contributed by atoms with Gasteiger partial charge in [0.15, 0.2) is 0 Å². The van der Waals surface area contributed by atoms with Crippen LogP contribution in [0.25, 0.3) is 11.3 Å². The molecule has 4 rings (SSSR count). The predicted octanol–water partition coefficient (Wildman–Crippen LogP) is 4.76. The van der Waals surface area contributed by atoms with Crippen LogP contribution < -0.4 is 9.64 Å². The Morgan fingerprint density at radius 3 is 2.69 bits per heavy atom. The number of benzene rings is 2. The Kier molecular flexibility index (Phi) is 5.38. The maximum Gasteiger partial charge on any atom is 0.248 e. The summed E-state index contributed by atoms with van der Waals surface area (Å²) in [5.41, 5.74) is 6.38. The Morgan fingerprint density at radius 2 is 1.97 bits per heavy atom. The summed E-state index contributed by atoms with van der Waals surface area (Å²) in [5.74, 6) is 0.889. The molecule has 0 saturated heterocycles. The second-order valence-corrected chi connectivity index (χ2v) is 7.53. The second kappa shape index (κ2) is 8.11. The number of hydrogen-bond acceptors (Lipinski definition) is 3. The molecule has 29 heavy (non-hydrogen) atoms. The van der Waals surface area contributed by atoms with Crippen molar-refractivity contribution in [3.63, 3.8) is 0 Å². The molecule has 1 aliphatic heterocycles. The minimum absolute atomic E-state index is 0.0442. The number of fused-ring (bicyclic) bond motifs is 3. The van der Waals surface area contributed by atoms with Crippen molar-refractivity contribution < 1.29 is 9.53 Å². The third-order valence-corrected chi connectivity index (χ3v) is 5.38. The minimum atomic E-state index is 0.0442. The number of carbonyl (C=O) groups is 1. The van der Waals surface area contributed by atoms with Crippen LogP contribution in [-0.4, -0.2) is 22.2 Å². The number of aryl methyl sites for hydroxylation is 2. The highest BCUT2D eigenvalue weighted by atomic mass is 16.5. The number of hydrogen-bond donors (Lipinski definition) is 0. The maximum absolute atomic E-state index is 13.3. The summed E-state index contributed by atoms with van der Waals surface area (Å²) in [7, 11) is 0. The van der Waals surface area contributed by atoms with Gasteiger partial charge in [0.1, 0.15) is 18.9 Å². The van der Waals surface area contributed by atoms with Crippen molar-refractivity contribution in [1.82, 2.24) is 9.78 Å². The van der Waals surface area contributed by atoms with Gasteiger partial charge in [0, 0.05) is 23.4 Å². The Labute approximate surface area is 171 Å². The first-order valence-corrected chi connectivity index (χ1v) is 10.3. The zero-order chi connectivity index (χ0) is 20.4. The van der Waals surface area contributed by atoms with Gasteiger partial charge in [0.2, 0.25) is 5.91 Å². The summed E-state index contributed by atoms with van der Waals surface area (Å²) in [5, 5.41) is 4.52. The second-order valence-electron chi connectivity index (χ2n) is 7.53. The van der Waals surface area contributed by atoms with Crippen molar-refractivity contribution in [3.8, 4) is 17.0 Å². The van der Waals surface area contributed by atoms with Gasteiger partial charge in [-0.05, 0) is 49.6 Å². The van der Waals surface area contributed by atoms with E-state index in [0.29, 0.717) is 13.2 Å². The number of amides is 1. The lowest BCUT2D eigenvalue weighted by molar-refractivity contribution is -0.119. The van der Waals surface area contributed by atoms with E-state index < -0.39 is 0 Å². The molecule has 0 fully saturated rings. The maximum atomic E-state index is 13.3. The Hall–Kier alpha value is -3.08. The number of anilines is 1. The SMILES string of the molecule is CCCN(C(=O)Cn1ncc2c1-c1cc(C)ccc1OC2)c1ccc(CC)cc1. The van der Waals surface area contributed by atoms with Crippen molar-refractivity contribution in [1.29, 1.82) is 0 Å². The lowest BCUT2D eigenvalue weighted by atomic mass is 10.0.